The molecule has 4 atom stereocenters. The molecule has 17 heavy (non-hydrogen) atoms. The molecule has 96 valence electrons. The van der Waals surface area contributed by atoms with Crippen LogP contribution in [0.1, 0.15) is 32.6 Å². The van der Waals surface area contributed by atoms with E-state index in [1.165, 1.54) is 19.3 Å². The first-order valence-electron chi connectivity index (χ1n) is 6.28. The van der Waals surface area contributed by atoms with Gasteiger partial charge in [0.05, 0.1) is 6.04 Å². The van der Waals surface area contributed by atoms with Crippen molar-refractivity contribution in [1.82, 2.24) is 4.90 Å². The normalized spacial score (nSPS) is 33.8. The van der Waals surface area contributed by atoms with Crippen LogP contribution in [0, 0.1) is 17.8 Å². The zero-order chi connectivity index (χ0) is 12.6. The largest absolute Gasteiger partial charge is 0.409 e. The quantitative estimate of drug-likeness (QED) is 0.334. The predicted molar refractivity (Wildman–Crippen MR) is 64.6 cm³/mol. The van der Waals surface area contributed by atoms with Gasteiger partial charge in [-0.2, -0.15) is 0 Å². The number of nitrogens with two attached hydrogens (primary N) is 1. The van der Waals surface area contributed by atoms with Gasteiger partial charge in [-0.3, -0.25) is 4.79 Å². The molecule has 0 heterocycles. The third kappa shape index (κ3) is 2.10. The number of nitrogens with zero attached hydrogens (tertiary/aromatic N) is 2. The Bertz CT molecular complexity index is 343. The van der Waals surface area contributed by atoms with Gasteiger partial charge in [0.1, 0.15) is 0 Å². The van der Waals surface area contributed by atoms with Crippen LogP contribution in [0.5, 0.6) is 0 Å². The summed E-state index contributed by atoms with van der Waals surface area (Å²) in [6, 6.07) is -0.341. The van der Waals surface area contributed by atoms with Crippen LogP contribution in [0.2, 0.25) is 0 Å². The van der Waals surface area contributed by atoms with E-state index in [9.17, 15) is 4.79 Å². The van der Waals surface area contributed by atoms with Crippen LogP contribution < -0.4 is 5.73 Å². The summed E-state index contributed by atoms with van der Waals surface area (Å²) in [5.41, 5.74) is 5.54. The van der Waals surface area contributed by atoms with Crippen molar-refractivity contribution in [2.45, 2.75) is 38.6 Å². The highest BCUT2D eigenvalue weighted by Crippen LogP contribution is 2.48. The molecule has 2 saturated carbocycles. The highest BCUT2D eigenvalue weighted by atomic mass is 16.4. The van der Waals surface area contributed by atoms with Gasteiger partial charge < -0.3 is 15.8 Å². The summed E-state index contributed by atoms with van der Waals surface area (Å²) in [6.07, 6.45) is 4.71. The van der Waals surface area contributed by atoms with E-state index in [0.717, 1.165) is 12.3 Å². The first-order chi connectivity index (χ1) is 8.04. The summed E-state index contributed by atoms with van der Waals surface area (Å²) in [4.78, 5) is 13.9. The smallest absolute Gasteiger partial charge is 0.226 e. The van der Waals surface area contributed by atoms with Gasteiger partial charge >= 0.3 is 0 Å². The van der Waals surface area contributed by atoms with Crippen LogP contribution in [-0.4, -0.2) is 34.9 Å². The number of hydrogen-bond acceptors (Lipinski definition) is 3. The number of hydrogen-bond donors (Lipinski definition) is 2. The summed E-state index contributed by atoms with van der Waals surface area (Å²) < 4.78 is 0. The molecule has 5 heteroatoms. The van der Waals surface area contributed by atoms with Crippen LogP contribution in [0.4, 0.5) is 0 Å². The number of rotatable bonds is 3. The number of carbonyl (C=O) groups excluding carboxylic acids is 1. The second-order valence-electron chi connectivity index (χ2n) is 5.43. The lowest BCUT2D eigenvalue weighted by atomic mass is 9.87. The molecule has 0 radical (unpaired) electrons. The van der Waals surface area contributed by atoms with Gasteiger partial charge in [-0.15, -0.1) is 0 Å². The monoisotopic (exact) mass is 239 g/mol. The molecular formula is C12H21N3O2. The number of carbonyl (C=O) groups is 1. The van der Waals surface area contributed by atoms with E-state index in [1.54, 1.807) is 18.9 Å². The van der Waals surface area contributed by atoms with Crippen molar-refractivity contribution in [3.8, 4) is 0 Å². The Labute approximate surface area is 102 Å². The van der Waals surface area contributed by atoms with Crippen molar-refractivity contribution >= 4 is 11.7 Å². The summed E-state index contributed by atoms with van der Waals surface area (Å²) in [5, 5.41) is 11.6. The number of amidine groups is 1. The Morgan fingerprint density at radius 3 is 2.65 bits per heavy atom. The topological polar surface area (TPSA) is 78.9 Å². The van der Waals surface area contributed by atoms with Crippen LogP contribution in [0.15, 0.2) is 5.16 Å². The molecule has 2 bridgehead atoms. The molecule has 3 N–H and O–H groups in total. The minimum atomic E-state index is -0.341. The number of likely N-dealkylation sites (N-methyl/N-ethyl adjacent to an activating group) is 1. The van der Waals surface area contributed by atoms with Gasteiger partial charge in [0, 0.05) is 13.0 Å². The maximum absolute atomic E-state index is 12.3. The summed E-state index contributed by atoms with van der Waals surface area (Å²) >= 11 is 0. The number of fused-ring (bicyclic) bond motifs is 2. The molecule has 4 unspecified atom stereocenters. The Kier molecular flexibility index (Phi) is 3.26. The van der Waals surface area contributed by atoms with Crippen molar-refractivity contribution in [2.24, 2.45) is 28.6 Å². The van der Waals surface area contributed by atoms with Crippen molar-refractivity contribution in [2.75, 3.05) is 7.05 Å². The van der Waals surface area contributed by atoms with Crippen LogP contribution in [0.25, 0.3) is 0 Å². The van der Waals surface area contributed by atoms with E-state index in [0.29, 0.717) is 5.92 Å². The molecule has 0 aromatic rings. The van der Waals surface area contributed by atoms with Gasteiger partial charge in [0.2, 0.25) is 5.91 Å². The second-order valence-corrected chi connectivity index (χ2v) is 5.43. The third-order valence-electron chi connectivity index (χ3n) is 4.53. The Balaban J connectivity index is 2.00. The molecule has 0 saturated heterocycles. The summed E-state index contributed by atoms with van der Waals surface area (Å²) in [6.45, 7) is 1.78. The fraction of sp³-hybridized carbons (Fsp3) is 0.833. The average Bonchev–Trinajstić information content (AvgIpc) is 2.97. The fourth-order valence-electron chi connectivity index (χ4n) is 3.28. The molecule has 1 amide bonds. The fourth-order valence-corrected chi connectivity index (χ4v) is 3.28. The van der Waals surface area contributed by atoms with Crippen molar-refractivity contribution in [3.05, 3.63) is 0 Å². The lowest BCUT2D eigenvalue weighted by Gasteiger charge is -2.30. The number of oxime groups is 1. The average molecular weight is 239 g/mol. The van der Waals surface area contributed by atoms with E-state index in [-0.39, 0.29) is 23.7 Å². The SMILES string of the molecule is CC(C(N)=NO)N(C)C(=O)C1CC2CCC1C2. The van der Waals surface area contributed by atoms with E-state index >= 15 is 0 Å². The van der Waals surface area contributed by atoms with Crippen LogP contribution in [0.3, 0.4) is 0 Å². The first-order valence-corrected chi connectivity index (χ1v) is 6.28. The third-order valence-corrected chi connectivity index (χ3v) is 4.53. The zero-order valence-corrected chi connectivity index (χ0v) is 10.5. The standard InChI is InChI=1S/C12H21N3O2/c1-7(11(13)14-17)15(2)12(16)10-6-8-3-4-9(10)5-8/h7-10,17H,3-6H2,1-2H3,(H2,13,14). The number of amides is 1. The lowest BCUT2D eigenvalue weighted by molar-refractivity contribution is -0.136. The van der Waals surface area contributed by atoms with E-state index < -0.39 is 0 Å². The Morgan fingerprint density at radius 1 is 1.47 bits per heavy atom. The maximum Gasteiger partial charge on any atom is 0.226 e. The minimum absolute atomic E-state index is 0.0870. The molecule has 0 aromatic heterocycles. The van der Waals surface area contributed by atoms with Gasteiger partial charge in [-0.25, -0.2) is 0 Å². The van der Waals surface area contributed by atoms with Crippen LogP contribution in [-0.2, 0) is 4.79 Å². The molecule has 2 aliphatic rings. The summed E-state index contributed by atoms with van der Waals surface area (Å²) in [7, 11) is 1.73. The predicted octanol–water partition coefficient (Wildman–Crippen LogP) is 1.02. The van der Waals surface area contributed by atoms with Gasteiger partial charge in [-0.05, 0) is 38.0 Å². The Hall–Kier alpha value is -1.26. The molecule has 0 aromatic carbocycles. The van der Waals surface area contributed by atoms with Crippen molar-refractivity contribution in [1.29, 1.82) is 0 Å². The summed E-state index contributed by atoms with van der Waals surface area (Å²) in [5.74, 6) is 1.71. The minimum Gasteiger partial charge on any atom is -0.409 e. The highest BCUT2D eigenvalue weighted by Gasteiger charge is 2.44. The van der Waals surface area contributed by atoms with Crippen LogP contribution >= 0.6 is 0 Å². The lowest BCUT2D eigenvalue weighted by Crippen LogP contribution is -2.47. The molecule has 2 rings (SSSR count). The van der Waals surface area contributed by atoms with E-state index in [2.05, 4.69) is 5.16 Å². The van der Waals surface area contributed by atoms with Gasteiger partial charge in [0.15, 0.2) is 5.84 Å². The molecule has 0 spiro atoms. The van der Waals surface area contributed by atoms with E-state index in [4.69, 9.17) is 10.9 Å². The maximum atomic E-state index is 12.3. The Morgan fingerprint density at radius 2 is 2.18 bits per heavy atom. The van der Waals surface area contributed by atoms with Gasteiger partial charge in [-0.1, -0.05) is 11.6 Å². The molecule has 0 aliphatic heterocycles. The van der Waals surface area contributed by atoms with E-state index in [1.807, 2.05) is 0 Å². The zero-order valence-electron chi connectivity index (χ0n) is 10.5. The second kappa shape index (κ2) is 4.55. The van der Waals surface area contributed by atoms with Crippen molar-refractivity contribution in [3.63, 3.8) is 0 Å². The first kappa shape index (κ1) is 12.2. The van der Waals surface area contributed by atoms with Crippen molar-refractivity contribution < 1.29 is 10.0 Å². The molecule has 2 fully saturated rings. The molecular weight excluding hydrogens is 218 g/mol. The molecule has 2 aliphatic carbocycles. The molecule has 5 nitrogen and oxygen atoms in total. The van der Waals surface area contributed by atoms with Gasteiger partial charge in [0.25, 0.3) is 0 Å². The highest BCUT2D eigenvalue weighted by molar-refractivity contribution is 5.90.